The molecule has 0 fully saturated rings. The molecule has 0 atom stereocenters. The minimum Gasteiger partial charge on any atom is -0.317 e. The molecule has 0 aliphatic carbocycles. The first-order chi connectivity index (χ1) is 12.0. The van der Waals surface area contributed by atoms with Crippen molar-refractivity contribution in [2.45, 2.75) is 47.5 Å². The number of hydrogen-bond donors (Lipinski definition) is 1. The Morgan fingerprint density at radius 1 is 1.04 bits per heavy atom. The van der Waals surface area contributed by atoms with Gasteiger partial charge in [0.2, 0.25) is 0 Å². The lowest BCUT2D eigenvalue weighted by Gasteiger charge is -2.11. The molecule has 0 saturated heterocycles. The maximum atomic E-state index is 4.74. The molecule has 0 saturated carbocycles. The van der Waals surface area contributed by atoms with Crippen molar-refractivity contribution < 1.29 is 0 Å². The third kappa shape index (κ3) is 3.56. The highest BCUT2D eigenvalue weighted by atomic mass is 15.4. The summed E-state index contributed by atoms with van der Waals surface area (Å²) in [6.45, 7) is 12.6. The van der Waals surface area contributed by atoms with Crippen LogP contribution >= 0.6 is 0 Å². The van der Waals surface area contributed by atoms with E-state index in [4.69, 9.17) is 4.98 Å². The van der Waals surface area contributed by atoms with E-state index in [1.54, 1.807) is 0 Å². The quantitative estimate of drug-likeness (QED) is 0.698. The predicted molar refractivity (Wildman–Crippen MR) is 102 cm³/mol. The van der Waals surface area contributed by atoms with Crippen LogP contribution in [-0.2, 0) is 6.42 Å². The van der Waals surface area contributed by atoms with Gasteiger partial charge in [-0.2, -0.15) is 4.68 Å². The molecular weight excluding hydrogens is 310 g/mol. The van der Waals surface area contributed by atoms with Gasteiger partial charge < -0.3 is 5.32 Å². The molecule has 3 rings (SSSR count). The number of aryl methyl sites for hydroxylation is 5. The molecule has 0 amide bonds. The predicted octanol–water partition coefficient (Wildman–Crippen LogP) is 3.59. The Hall–Kier alpha value is -2.27. The zero-order chi connectivity index (χ0) is 18.0. The van der Waals surface area contributed by atoms with E-state index in [0.29, 0.717) is 0 Å². The number of fused-ring (bicyclic) bond motifs is 1. The Bertz CT molecular complexity index is 871. The van der Waals surface area contributed by atoms with Gasteiger partial charge in [-0.25, -0.2) is 4.98 Å². The first kappa shape index (κ1) is 17.5. The number of nitrogens with one attached hydrogen (secondary N) is 1. The van der Waals surface area contributed by atoms with Crippen LogP contribution in [0, 0.1) is 27.7 Å². The van der Waals surface area contributed by atoms with Gasteiger partial charge in [0.1, 0.15) is 5.52 Å². The van der Waals surface area contributed by atoms with Gasteiger partial charge in [0.25, 0.3) is 0 Å². The lowest BCUT2D eigenvalue weighted by atomic mass is 10.0. The molecule has 0 bridgehead atoms. The van der Waals surface area contributed by atoms with Crippen LogP contribution in [0.1, 0.15) is 41.3 Å². The van der Waals surface area contributed by atoms with Gasteiger partial charge in [0.15, 0.2) is 5.65 Å². The summed E-state index contributed by atoms with van der Waals surface area (Å²) in [5, 5.41) is 12.3. The largest absolute Gasteiger partial charge is 0.317 e. The maximum Gasteiger partial charge on any atom is 0.184 e. The lowest BCUT2D eigenvalue weighted by Crippen LogP contribution is -2.14. The molecule has 132 valence electrons. The Kier molecular flexibility index (Phi) is 5.13. The Morgan fingerprint density at radius 3 is 2.44 bits per heavy atom. The molecule has 0 radical (unpaired) electrons. The van der Waals surface area contributed by atoms with E-state index >= 15 is 0 Å². The van der Waals surface area contributed by atoms with Gasteiger partial charge in [-0.1, -0.05) is 29.8 Å². The average Bonchev–Trinajstić information content (AvgIpc) is 2.94. The second-order valence-corrected chi connectivity index (χ2v) is 6.80. The first-order valence-corrected chi connectivity index (χ1v) is 9.02. The molecule has 0 spiro atoms. The van der Waals surface area contributed by atoms with Crippen LogP contribution in [0.25, 0.3) is 16.9 Å². The summed E-state index contributed by atoms with van der Waals surface area (Å²) >= 11 is 0. The van der Waals surface area contributed by atoms with E-state index in [1.807, 2.05) is 11.6 Å². The molecule has 2 heterocycles. The summed E-state index contributed by atoms with van der Waals surface area (Å²) in [6, 6.07) is 6.51. The average molecular weight is 337 g/mol. The van der Waals surface area contributed by atoms with Gasteiger partial charge >= 0.3 is 0 Å². The third-order valence-corrected chi connectivity index (χ3v) is 4.51. The minimum atomic E-state index is 0.855. The van der Waals surface area contributed by atoms with E-state index in [9.17, 15) is 0 Å². The minimum absolute atomic E-state index is 0.855. The highest BCUT2D eigenvalue weighted by Crippen LogP contribution is 2.25. The smallest absolute Gasteiger partial charge is 0.184 e. The van der Waals surface area contributed by atoms with Crippen LogP contribution in [0.15, 0.2) is 18.2 Å². The SMILES string of the molecule is CCNCCCc1cc(C)nc2c1nnn2-c1c(C)cc(C)cc1C. The Balaban J connectivity index is 2.06. The monoisotopic (exact) mass is 337 g/mol. The zero-order valence-electron chi connectivity index (χ0n) is 15.8. The highest BCUT2D eigenvalue weighted by Gasteiger charge is 2.16. The third-order valence-electron chi connectivity index (χ3n) is 4.51. The molecule has 0 aliphatic heterocycles. The number of hydrogen-bond acceptors (Lipinski definition) is 4. The summed E-state index contributed by atoms with van der Waals surface area (Å²) in [5.74, 6) is 0. The number of aromatic nitrogens is 4. The molecule has 3 aromatic rings. The van der Waals surface area contributed by atoms with Gasteiger partial charge in [0, 0.05) is 5.69 Å². The molecule has 5 nitrogen and oxygen atoms in total. The molecule has 1 aromatic carbocycles. The highest BCUT2D eigenvalue weighted by molar-refractivity contribution is 5.76. The molecule has 1 N–H and O–H groups in total. The number of pyridine rings is 1. The summed E-state index contributed by atoms with van der Waals surface area (Å²) in [7, 11) is 0. The van der Waals surface area contributed by atoms with Crippen LogP contribution in [0.3, 0.4) is 0 Å². The van der Waals surface area contributed by atoms with Crippen molar-refractivity contribution in [2.24, 2.45) is 0 Å². The van der Waals surface area contributed by atoms with E-state index in [1.165, 1.54) is 22.3 Å². The van der Waals surface area contributed by atoms with Gasteiger partial charge in [-0.15, -0.1) is 5.10 Å². The maximum absolute atomic E-state index is 4.74. The van der Waals surface area contributed by atoms with Crippen molar-refractivity contribution in [3.05, 3.63) is 46.1 Å². The van der Waals surface area contributed by atoms with Crippen LogP contribution in [-0.4, -0.2) is 33.1 Å². The summed E-state index contributed by atoms with van der Waals surface area (Å²) < 4.78 is 1.90. The topological polar surface area (TPSA) is 55.6 Å². The van der Waals surface area contributed by atoms with Crippen molar-refractivity contribution >= 4 is 11.2 Å². The van der Waals surface area contributed by atoms with Crippen molar-refractivity contribution in [2.75, 3.05) is 13.1 Å². The molecule has 2 aromatic heterocycles. The second-order valence-electron chi connectivity index (χ2n) is 6.80. The standard InChI is InChI=1S/C20H27N5/c1-6-21-9-7-8-17-12-16(5)22-20-18(17)23-24-25(20)19-14(3)10-13(2)11-15(19)4/h10-12,21H,6-9H2,1-5H3. The summed E-state index contributed by atoms with van der Waals surface area (Å²) in [5.41, 5.74) is 8.75. The molecule has 5 heteroatoms. The van der Waals surface area contributed by atoms with Crippen LogP contribution in [0.5, 0.6) is 0 Å². The van der Waals surface area contributed by atoms with Crippen molar-refractivity contribution in [3.8, 4) is 5.69 Å². The van der Waals surface area contributed by atoms with Gasteiger partial charge in [-0.3, -0.25) is 0 Å². The fraction of sp³-hybridized carbons (Fsp3) is 0.450. The molecular formula is C20H27N5. The van der Waals surface area contributed by atoms with Gasteiger partial charge in [-0.05, 0) is 76.4 Å². The van der Waals surface area contributed by atoms with Crippen LogP contribution < -0.4 is 5.32 Å². The van der Waals surface area contributed by atoms with Crippen molar-refractivity contribution in [1.29, 1.82) is 0 Å². The number of rotatable bonds is 6. The van der Waals surface area contributed by atoms with E-state index < -0.39 is 0 Å². The van der Waals surface area contributed by atoms with E-state index in [2.05, 4.69) is 61.5 Å². The molecule has 0 unspecified atom stereocenters. The van der Waals surface area contributed by atoms with Crippen molar-refractivity contribution in [3.63, 3.8) is 0 Å². The summed E-state index contributed by atoms with van der Waals surface area (Å²) in [6.07, 6.45) is 2.07. The van der Waals surface area contributed by atoms with E-state index in [-0.39, 0.29) is 0 Å². The number of nitrogens with zero attached hydrogens (tertiary/aromatic N) is 4. The zero-order valence-corrected chi connectivity index (χ0v) is 15.8. The second kappa shape index (κ2) is 7.31. The number of benzene rings is 1. The Morgan fingerprint density at radius 2 is 1.76 bits per heavy atom. The fourth-order valence-electron chi connectivity index (χ4n) is 3.53. The van der Waals surface area contributed by atoms with Gasteiger partial charge in [0.05, 0.1) is 5.69 Å². The van der Waals surface area contributed by atoms with Crippen molar-refractivity contribution in [1.82, 2.24) is 25.3 Å². The lowest BCUT2D eigenvalue weighted by molar-refractivity contribution is 0.673. The molecule has 25 heavy (non-hydrogen) atoms. The normalized spacial score (nSPS) is 11.4. The summed E-state index contributed by atoms with van der Waals surface area (Å²) in [4.78, 5) is 4.74. The molecule has 0 aliphatic rings. The Labute approximate surface area is 149 Å². The first-order valence-electron chi connectivity index (χ1n) is 9.02. The van der Waals surface area contributed by atoms with Crippen LogP contribution in [0.2, 0.25) is 0 Å². The van der Waals surface area contributed by atoms with Crippen LogP contribution in [0.4, 0.5) is 0 Å². The van der Waals surface area contributed by atoms with E-state index in [0.717, 1.165) is 48.5 Å². The fourth-order valence-corrected chi connectivity index (χ4v) is 3.53.